The number of carbonyl (C=O) groups excluding carboxylic acids is 1. The number of hydrogen-bond donors (Lipinski definition) is 0. The molecule has 0 heterocycles. The van der Waals surface area contributed by atoms with E-state index in [4.69, 9.17) is 0 Å². The molecule has 14 heavy (non-hydrogen) atoms. The fourth-order valence-electron chi connectivity index (χ4n) is 1.18. The highest BCUT2D eigenvalue weighted by molar-refractivity contribution is 7.98. The van der Waals surface area contributed by atoms with E-state index < -0.39 is 11.6 Å². The van der Waals surface area contributed by atoms with Gasteiger partial charge < -0.3 is 4.79 Å². The number of halogens is 2. The van der Waals surface area contributed by atoms with Crippen molar-refractivity contribution in [2.45, 2.75) is 17.7 Å². The Hall–Kier alpha value is -0.900. The lowest BCUT2D eigenvalue weighted by atomic mass is 10.1. The maximum Gasteiger partial charge on any atom is 0.139 e. The van der Waals surface area contributed by atoms with Crippen molar-refractivity contribution in [2.24, 2.45) is 0 Å². The average molecular weight is 216 g/mol. The van der Waals surface area contributed by atoms with Crippen LogP contribution in [0.4, 0.5) is 8.78 Å². The summed E-state index contributed by atoms with van der Waals surface area (Å²) < 4.78 is 26.4. The Labute approximate surface area is 85.5 Å². The molecule has 0 bridgehead atoms. The van der Waals surface area contributed by atoms with Crippen LogP contribution in [0.25, 0.3) is 0 Å². The molecule has 0 saturated heterocycles. The number of aldehydes is 1. The minimum absolute atomic E-state index is 0.0276. The number of rotatable bonds is 4. The molecule has 1 aromatic rings. The van der Waals surface area contributed by atoms with Gasteiger partial charge in [-0.25, -0.2) is 8.78 Å². The highest BCUT2D eigenvalue weighted by Crippen LogP contribution is 2.24. The first-order chi connectivity index (χ1) is 6.69. The van der Waals surface area contributed by atoms with E-state index >= 15 is 0 Å². The van der Waals surface area contributed by atoms with E-state index in [1.807, 2.05) is 0 Å². The lowest BCUT2D eigenvalue weighted by Crippen LogP contribution is -1.93. The van der Waals surface area contributed by atoms with Gasteiger partial charge in [0.15, 0.2) is 0 Å². The summed E-state index contributed by atoms with van der Waals surface area (Å²) in [6.07, 6.45) is 3.02. The number of thioether (sulfide) groups is 1. The summed E-state index contributed by atoms with van der Waals surface area (Å²) in [6.45, 7) is 0. The summed E-state index contributed by atoms with van der Waals surface area (Å²) in [4.78, 5) is 10.1. The van der Waals surface area contributed by atoms with Crippen LogP contribution in [0.5, 0.6) is 0 Å². The first-order valence-electron chi connectivity index (χ1n) is 4.14. The van der Waals surface area contributed by atoms with Gasteiger partial charge in [-0.15, -0.1) is 11.8 Å². The van der Waals surface area contributed by atoms with Gasteiger partial charge >= 0.3 is 0 Å². The average Bonchev–Trinajstić information content (AvgIpc) is 2.14. The van der Waals surface area contributed by atoms with Gasteiger partial charge in [0.25, 0.3) is 0 Å². The van der Waals surface area contributed by atoms with Crippen LogP contribution < -0.4 is 0 Å². The van der Waals surface area contributed by atoms with E-state index in [0.29, 0.717) is 12.0 Å². The van der Waals surface area contributed by atoms with Crippen molar-refractivity contribution in [3.05, 3.63) is 29.3 Å². The van der Waals surface area contributed by atoms with E-state index in [2.05, 4.69) is 0 Å². The van der Waals surface area contributed by atoms with Crippen molar-refractivity contribution in [3.63, 3.8) is 0 Å². The summed E-state index contributed by atoms with van der Waals surface area (Å²) in [5.74, 6) is -1.11. The molecule has 1 nitrogen and oxygen atoms in total. The normalized spacial score (nSPS) is 10.2. The quantitative estimate of drug-likeness (QED) is 0.568. The van der Waals surface area contributed by atoms with E-state index in [1.165, 1.54) is 12.1 Å². The molecule has 0 unspecified atom stereocenters. The maximum absolute atomic E-state index is 13.2. The minimum Gasteiger partial charge on any atom is -0.303 e. The lowest BCUT2D eigenvalue weighted by Gasteiger charge is -2.04. The first kappa shape index (κ1) is 11.2. The van der Waals surface area contributed by atoms with Gasteiger partial charge in [0.05, 0.1) is 4.90 Å². The fourth-order valence-corrected chi connectivity index (χ4v) is 1.69. The van der Waals surface area contributed by atoms with Crippen molar-refractivity contribution in [1.82, 2.24) is 0 Å². The zero-order chi connectivity index (χ0) is 10.6. The summed E-state index contributed by atoms with van der Waals surface area (Å²) in [5, 5.41) is 0. The summed E-state index contributed by atoms with van der Waals surface area (Å²) in [7, 11) is 0. The van der Waals surface area contributed by atoms with Crippen LogP contribution in [0.2, 0.25) is 0 Å². The predicted molar refractivity (Wildman–Crippen MR) is 52.5 cm³/mol. The second kappa shape index (κ2) is 5.10. The molecule has 0 saturated carbocycles. The van der Waals surface area contributed by atoms with Crippen LogP contribution in [0.1, 0.15) is 12.0 Å². The van der Waals surface area contributed by atoms with Gasteiger partial charge in [0.1, 0.15) is 17.9 Å². The Morgan fingerprint density at radius 1 is 1.36 bits per heavy atom. The Balaban J connectivity index is 2.95. The molecule has 1 rings (SSSR count). The van der Waals surface area contributed by atoms with Crippen LogP contribution in [-0.4, -0.2) is 12.5 Å². The molecule has 0 aliphatic heterocycles. The topological polar surface area (TPSA) is 17.1 Å². The van der Waals surface area contributed by atoms with Crippen molar-refractivity contribution in [3.8, 4) is 0 Å². The van der Waals surface area contributed by atoms with Gasteiger partial charge in [-0.2, -0.15) is 0 Å². The molecule has 0 fully saturated rings. The molecule has 0 aromatic heterocycles. The number of hydrogen-bond acceptors (Lipinski definition) is 2. The van der Waals surface area contributed by atoms with Crippen LogP contribution in [0, 0.1) is 11.6 Å². The summed E-state index contributed by atoms with van der Waals surface area (Å²) >= 11 is 1.04. The largest absolute Gasteiger partial charge is 0.303 e. The van der Waals surface area contributed by atoms with Crippen molar-refractivity contribution in [1.29, 1.82) is 0 Å². The molecule has 0 aliphatic rings. The summed E-state index contributed by atoms with van der Waals surface area (Å²) in [6, 6.07) is 2.55. The zero-order valence-corrected chi connectivity index (χ0v) is 8.54. The highest BCUT2D eigenvalue weighted by Gasteiger charge is 2.09. The second-order valence-corrected chi connectivity index (χ2v) is 3.61. The van der Waals surface area contributed by atoms with E-state index in [0.717, 1.165) is 18.0 Å². The van der Waals surface area contributed by atoms with Gasteiger partial charge in [0.2, 0.25) is 0 Å². The van der Waals surface area contributed by atoms with Crippen molar-refractivity contribution >= 4 is 18.0 Å². The molecule has 1 aromatic carbocycles. The Kier molecular flexibility index (Phi) is 4.07. The van der Waals surface area contributed by atoms with Gasteiger partial charge in [-0.1, -0.05) is 0 Å². The van der Waals surface area contributed by atoms with Gasteiger partial charge in [-0.05, 0) is 30.4 Å². The zero-order valence-electron chi connectivity index (χ0n) is 7.72. The molecule has 4 heteroatoms. The second-order valence-electron chi connectivity index (χ2n) is 2.80. The SMILES string of the molecule is CSc1c(F)cc(CCC=O)cc1F. The van der Waals surface area contributed by atoms with Crippen molar-refractivity contribution in [2.75, 3.05) is 6.26 Å². The third-order valence-corrected chi connectivity index (χ3v) is 2.61. The van der Waals surface area contributed by atoms with Crippen LogP contribution in [0.3, 0.4) is 0 Å². The minimum atomic E-state index is -0.557. The highest BCUT2D eigenvalue weighted by atomic mass is 32.2. The molecule has 0 spiro atoms. The van der Waals surface area contributed by atoms with Gasteiger partial charge in [0, 0.05) is 6.42 Å². The van der Waals surface area contributed by atoms with Crippen molar-refractivity contribution < 1.29 is 13.6 Å². The van der Waals surface area contributed by atoms with Crippen LogP contribution in [-0.2, 0) is 11.2 Å². The monoisotopic (exact) mass is 216 g/mol. The smallest absolute Gasteiger partial charge is 0.139 e. The predicted octanol–water partition coefficient (Wildman–Crippen LogP) is 2.82. The molecule has 0 atom stereocenters. The Bertz CT molecular complexity index is 316. The van der Waals surface area contributed by atoms with E-state index in [9.17, 15) is 13.6 Å². The molecule has 0 radical (unpaired) electrons. The Morgan fingerprint density at radius 3 is 2.36 bits per heavy atom. The lowest BCUT2D eigenvalue weighted by molar-refractivity contribution is -0.107. The maximum atomic E-state index is 13.2. The van der Waals surface area contributed by atoms with Crippen LogP contribution in [0.15, 0.2) is 17.0 Å². The molecule has 0 amide bonds. The standard InChI is InChI=1S/C10H10F2OS/c1-14-10-8(11)5-7(3-2-4-13)6-9(10)12/h4-6H,2-3H2,1H3. The fraction of sp³-hybridized carbons (Fsp3) is 0.300. The third kappa shape index (κ3) is 2.54. The number of benzene rings is 1. The molecule has 0 N–H and O–H groups in total. The summed E-state index contributed by atoms with van der Waals surface area (Å²) in [5.41, 5.74) is 0.518. The first-order valence-corrected chi connectivity index (χ1v) is 5.37. The van der Waals surface area contributed by atoms with Gasteiger partial charge in [-0.3, -0.25) is 0 Å². The molecule has 76 valence electrons. The molecular weight excluding hydrogens is 206 g/mol. The Morgan fingerprint density at radius 2 is 1.93 bits per heavy atom. The third-order valence-electron chi connectivity index (χ3n) is 1.81. The van der Waals surface area contributed by atoms with Crippen LogP contribution >= 0.6 is 11.8 Å². The number of aryl methyl sites for hydroxylation is 1. The van der Waals surface area contributed by atoms with E-state index in [-0.39, 0.29) is 11.3 Å². The molecular formula is C10H10F2OS. The van der Waals surface area contributed by atoms with E-state index in [1.54, 1.807) is 6.26 Å². The number of carbonyl (C=O) groups is 1. The molecule has 0 aliphatic carbocycles.